The zero-order valence-electron chi connectivity index (χ0n) is 11.2. The van der Waals surface area contributed by atoms with Gasteiger partial charge in [0.15, 0.2) is 0 Å². The van der Waals surface area contributed by atoms with Crippen LogP contribution in [0.15, 0.2) is 54.6 Å². The molecule has 0 aromatic heterocycles. The number of ether oxygens (including phenoxy) is 2. The highest BCUT2D eigenvalue weighted by molar-refractivity contribution is 5.89. The Morgan fingerprint density at radius 3 is 2.60 bits per heavy atom. The van der Waals surface area contributed by atoms with Gasteiger partial charge in [0.1, 0.15) is 18.5 Å². The molecule has 2 aromatic carbocycles. The Morgan fingerprint density at radius 2 is 1.90 bits per heavy atom. The normalized spacial score (nSPS) is 11.7. The van der Waals surface area contributed by atoms with Gasteiger partial charge in [0.2, 0.25) is 0 Å². The second-order valence-corrected chi connectivity index (χ2v) is 4.26. The minimum Gasteiger partial charge on any atom is -0.491 e. The van der Waals surface area contributed by atoms with Gasteiger partial charge >= 0.3 is 5.97 Å². The molecule has 4 nitrogen and oxygen atoms in total. The summed E-state index contributed by atoms with van der Waals surface area (Å²) in [7, 11) is 1.33. The van der Waals surface area contributed by atoms with Gasteiger partial charge in [-0.25, -0.2) is 4.79 Å². The highest BCUT2D eigenvalue weighted by Crippen LogP contribution is 2.17. The first-order chi connectivity index (χ1) is 9.70. The summed E-state index contributed by atoms with van der Waals surface area (Å²) in [6.45, 7) is 0.120. The molecule has 1 atom stereocenters. The van der Waals surface area contributed by atoms with Gasteiger partial charge in [0, 0.05) is 0 Å². The fraction of sp³-hybridized carbons (Fsp3) is 0.188. The molecule has 0 spiro atoms. The quantitative estimate of drug-likeness (QED) is 0.850. The van der Waals surface area contributed by atoms with Crippen molar-refractivity contribution in [3.63, 3.8) is 0 Å². The Hall–Kier alpha value is -2.33. The van der Waals surface area contributed by atoms with Crippen molar-refractivity contribution < 1.29 is 19.4 Å². The third-order valence-corrected chi connectivity index (χ3v) is 2.85. The topological polar surface area (TPSA) is 55.8 Å². The van der Waals surface area contributed by atoms with E-state index in [0.717, 1.165) is 5.56 Å². The van der Waals surface area contributed by atoms with Gasteiger partial charge in [-0.1, -0.05) is 36.4 Å². The first-order valence-electron chi connectivity index (χ1n) is 6.25. The van der Waals surface area contributed by atoms with E-state index in [0.29, 0.717) is 11.3 Å². The van der Waals surface area contributed by atoms with E-state index in [1.165, 1.54) is 7.11 Å². The third kappa shape index (κ3) is 3.59. The van der Waals surface area contributed by atoms with Crippen LogP contribution >= 0.6 is 0 Å². The zero-order chi connectivity index (χ0) is 14.4. The van der Waals surface area contributed by atoms with Crippen molar-refractivity contribution in [2.24, 2.45) is 0 Å². The predicted octanol–water partition coefficient (Wildman–Crippen LogP) is 2.59. The molecular weight excluding hydrogens is 256 g/mol. The van der Waals surface area contributed by atoms with Crippen LogP contribution in [0.3, 0.4) is 0 Å². The molecule has 1 N–H and O–H groups in total. The van der Waals surface area contributed by atoms with Crippen LogP contribution in [0.25, 0.3) is 0 Å². The smallest absolute Gasteiger partial charge is 0.337 e. The largest absolute Gasteiger partial charge is 0.491 e. The molecule has 0 amide bonds. The number of aliphatic hydroxyl groups excluding tert-OH is 1. The number of benzene rings is 2. The predicted molar refractivity (Wildman–Crippen MR) is 74.7 cm³/mol. The van der Waals surface area contributed by atoms with Crippen molar-refractivity contribution >= 4 is 5.97 Å². The van der Waals surface area contributed by atoms with Crippen molar-refractivity contribution in [2.45, 2.75) is 6.10 Å². The molecule has 4 heteroatoms. The second kappa shape index (κ2) is 6.73. The van der Waals surface area contributed by atoms with E-state index in [1.54, 1.807) is 24.3 Å². The van der Waals surface area contributed by atoms with Crippen LogP contribution in [0.2, 0.25) is 0 Å². The summed E-state index contributed by atoms with van der Waals surface area (Å²) in [5, 5.41) is 9.99. The van der Waals surface area contributed by atoms with E-state index in [9.17, 15) is 9.90 Å². The fourth-order valence-corrected chi connectivity index (χ4v) is 1.78. The lowest BCUT2D eigenvalue weighted by molar-refractivity contribution is 0.0600. The summed E-state index contributed by atoms with van der Waals surface area (Å²) >= 11 is 0. The number of methoxy groups -OCH3 is 1. The van der Waals surface area contributed by atoms with Crippen LogP contribution < -0.4 is 4.74 Å². The number of aliphatic hydroxyl groups is 1. The SMILES string of the molecule is COC(=O)c1cccc(OCC(O)c2ccccc2)c1. The van der Waals surface area contributed by atoms with Gasteiger partial charge in [0.05, 0.1) is 12.7 Å². The number of hydrogen-bond donors (Lipinski definition) is 1. The highest BCUT2D eigenvalue weighted by atomic mass is 16.5. The van der Waals surface area contributed by atoms with Gasteiger partial charge in [-0.3, -0.25) is 0 Å². The van der Waals surface area contributed by atoms with E-state index in [4.69, 9.17) is 4.74 Å². The minimum absolute atomic E-state index is 0.120. The molecule has 0 radical (unpaired) electrons. The molecule has 2 aromatic rings. The Bertz CT molecular complexity index is 566. The van der Waals surface area contributed by atoms with E-state index < -0.39 is 12.1 Å². The summed E-state index contributed by atoms with van der Waals surface area (Å²) in [6.07, 6.45) is -0.710. The molecule has 0 saturated carbocycles. The lowest BCUT2D eigenvalue weighted by atomic mass is 10.1. The summed E-state index contributed by atoms with van der Waals surface area (Å²) in [5.41, 5.74) is 1.20. The van der Waals surface area contributed by atoms with Crippen LogP contribution in [0.4, 0.5) is 0 Å². The third-order valence-electron chi connectivity index (χ3n) is 2.85. The summed E-state index contributed by atoms with van der Waals surface area (Å²) in [4.78, 5) is 11.4. The van der Waals surface area contributed by atoms with Gasteiger partial charge in [-0.15, -0.1) is 0 Å². The summed E-state index contributed by atoms with van der Waals surface area (Å²) < 4.78 is 10.1. The number of hydrogen-bond acceptors (Lipinski definition) is 4. The molecule has 20 heavy (non-hydrogen) atoms. The van der Waals surface area contributed by atoms with Crippen LogP contribution in [-0.2, 0) is 4.74 Å². The van der Waals surface area contributed by atoms with E-state index in [1.807, 2.05) is 30.3 Å². The molecular formula is C16H16O4. The van der Waals surface area contributed by atoms with Crippen LogP contribution in [0.1, 0.15) is 22.0 Å². The monoisotopic (exact) mass is 272 g/mol. The van der Waals surface area contributed by atoms with Crippen molar-refractivity contribution in [2.75, 3.05) is 13.7 Å². The van der Waals surface area contributed by atoms with Crippen molar-refractivity contribution in [1.82, 2.24) is 0 Å². The van der Waals surface area contributed by atoms with Crippen LogP contribution in [-0.4, -0.2) is 24.8 Å². The Labute approximate surface area is 117 Å². The van der Waals surface area contributed by atoms with Crippen molar-refractivity contribution in [3.05, 3.63) is 65.7 Å². The fourth-order valence-electron chi connectivity index (χ4n) is 1.78. The highest BCUT2D eigenvalue weighted by Gasteiger charge is 2.09. The van der Waals surface area contributed by atoms with Gasteiger partial charge in [-0.2, -0.15) is 0 Å². The van der Waals surface area contributed by atoms with E-state index in [2.05, 4.69) is 4.74 Å². The Morgan fingerprint density at radius 1 is 1.15 bits per heavy atom. The first-order valence-corrected chi connectivity index (χ1v) is 6.25. The second-order valence-electron chi connectivity index (χ2n) is 4.26. The maximum atomic E-state index is 11.4. The average Bonchev–Trinajstić information content (AvgIpc) is 2.53. The minimum atomic E-state index is -0.710. The number of carbonyl (C=O) groups excluding carboxylic acids is 1. The molecule has 0 heterocycles. The number of carbonyl (C=O) groups is 1. The standard InChI is InChI=1S/C16H16O4/c1-19-16(18)13-8-5-9-14(10-13)20-11-15(17)12-6-3-2-4-7-12/h2-10,15,17H,11H2,1H3. The number of esters is 1. The zero-order valence-corrected chi connectivity index (χ0v) is 11.2. The van der Waals surface area contributed by atoms with Gasteiger partial charge < -0.3 is 14.6 Å². The molecule has 0 aliphatic heterocycles. The number of rotatable bonds is 5. The van der Waals surface area contributed by atoms with Crippen molar-refractivity contribution in [1.29, 1.82) is 0 Å². The Kier molecular flexibility index (Phi) is 4.74. The lowest BCUT2D eigenvalue weighted by Crippen LogP contribution is -2.10. The molecule has 0 aliphatic carbocycles. The molecule has 2 rings (SSSR count). The van der Waals surface area contributed by atoms with Crippen LogP contribution in [0, 0.1) is 0 Å². The first kappa shape index (κ1) is 14.1. The lowest BCUT2D eigenvalue weighted by Gasteiger charge is -2.13. The molecule has 0 fully saturated rings. The molecule has 104 valence electrons. The van der Waals surface area contributed by atoms with Gasteiger partial charge in [-0.05, 0) is 23.8 Å². The maximum absolute atomic E-state index is 11.4. The summed E-state index contributed by atoms with van der Waals surface area (Å²) in [5.74, 6) is 0.0990. The molecule has 0 saturated heterocycles. The van der Waals surface area contributed by atoms with Crippen LogP contribution in [0.5, 0.6) is 5.75 Å². The summed E-state index contributed by atoms with van der Waals surface area (Å²) in [6, 6.07) is 15.9. The average molecular weight is 272 g/mol. The van der Waals surface area contributed by atoms with Gasteiger partial charge in [0.25, 0.3) is 0 Å². The van der Waals surface area contributed by atoms with Crippen molar-refractivity contribution in [3.8, 4) is 5.75 Å². The van der Waals surface area contributed by atoms with E-state index >= 15 is 0 Å². The molecule has 0 aliphatic rings. The Balaban J connectivity index is 1.99. The molecule has 0 bridgehead atoms. The van der Waals surface area contributed by atoms with E-state index in [-0.39, 0.29) is 6.61 Å². The maximum Gasteiger partial charge on any atom is 0.337 e. The molecule has 1 unspecified atom stereocenters.